The molecule has 1 radical (unpaired) electrons. The van der Waals surface area contributed by atoms with Crippen LogP contribution in [-0.4, -0.2) is 15.9 Å². The van der Waals surface area contributed by atoms with E-state index >= 15 is 0 Å². The predicted molar refractivity (Wildman–Crippen MR) is 112 cm³/mol. The Morgan fingerprint density at radius 2 is 1.75 bits per heavy atom. The largest absolute Gasteiger partial charge is 0.512 e. The summed E-state index contributed by atoms with van der Waals surface area (Å²) < 4.78 is 0. The third kappa shape index (κ3) is 6.70. The van der Waals surface area contributed by atoms with E-state index in [9.17, 15) is 4.79 Å². The van der Waals surface area contributed by atoms with E-state index in [-0.39, 0.29) is 37.1 Å². The smallest absolute Gasteiger partial charge is 0.155 e. The van der Waals surface area contributed by atoms with Crippen molar-refractivity contribution in [3.63, 3.8) is 0 Å². The maximum absolute atomic E-state index is 10.0. The molecule has 2 aromatic carbocycles. The molecule has 3 aromatic rings. The van der Waals surface area contributed by atoms with Crippen molar-refractivity contribution in [1.82, 2.24) is 4.98 Å². The van der Waals surface area contributed by atoms with E-state index in [2.05, 4.69) is 74.3 Å². The van der Waals surface area contributed by atoms with E-state index in [1.165, 1.54) is 36.3 Å². The quantitative estimate of drug-likeness (QED) is 0.240. The number of pyridine rings is 1. The SMILES string of the molecule is CC(=O)C=C(C)O.CC(C)(C)c1c[c-]c(-c2nccc3ccccc23)cc1.[Ir]. The summed E-state index contributed by atoms with van der Waals surface area (Å²) in [6.07, 6.45) is 3.03. The topological polar surface area (TPSA) is 50.2 Å². The molecule has 149 valence electrons. The molecule has 1 N–H and O–H groups in total. The molecule has 0 aliphatic carbocycles. The van der Waals surface area contributed by atoms with Crippen molar-refractivity contribution in [2.75, 3.05) is 0 Å². The average molecular weight is 553 g/mol. The third-order valence-corrected chi connectivity index (χ3v) is 4.02. The standard InChI is InChI=1S/C19H18N.C5H8O2.Ir/c1-19(2,3)16-10-8-15(9-11-16)18-17-7-5-4-6-14(17)12-13-20-18;1-4(6)3-5(2)7;/h4-8,10-13H,1-3H3;3,6H,1-2H3;/q-1;;. The van der Waals surface area contributed by atoms with Gasteiger partial charge in [0.15, 0.2) is 5.78 Å². The Bertz CT molecular complexity index is 945. The molecule has 1 aromatic heterocycles. The number of fused-ring (bicyclic) bond motifs is 1. The van der Waals surface area contributed by atoms with Crippen LogP contribution in [0.3, 0.4) is 0 Å². The van der Waals surface area contributed by atoms with Gasteiger partial charge in [-0.15, -0.1) is 35.4 Å². The summed E-state index contributed by atoms with van der Waals surface area (Å²) in [5, 5.41) is 10.8. The Hall–Kier alpha value is -2.29. The number of allylic oxidation sites excluding steroid dienone is 2. The maximum atomic E-state index is 10.0. The molecule has 0 aliphatic heterocycles. The molecule has 3 rings (SSSR count). The summed E-state index contributed by atoms with van der Waals surface area (Å²) in [5.74, 6) is -0.0625. The molecule has 0 fully saturated rings. The normalized spacial score (nSPS) is 11.2. The van der Waals surface area contributed by atoms with Gasteiger partial charge in [0.1, 0.15) is 0 Å². The van der Waals surface area contributed by atoms with Crippen LogP contribution in [-0.2, 0) is 30.3 Å². The number of carbonyl (C=O) groups excluding carboxylic acids is 1. The molecule has 3 nitrogen and oxygen atoms in total. The van der Waals surface area contributed by atoms with E-state index in [1.807, 2.05) is 12.3 Å². The molecular formula is C24H26IrNO2-. The van der Waals surface area contributed by atoms with Crippen molar-refractivity contribution in [3.05, 3.63) is 78.2 Å². The fraction of sp³-hybridized carbons (Fsp3) is 0.250. The number of rotatable bonds is 2. The van der Waals surface area contributed by atoms with Gasteiger partial charge in [0, 0.05) is 32.4 Å². The van der Waals surface area contributed by atoms with Crippen LogP contribution >= 0.6 is 0 Å². The number of aromatic nitrogens is 1. The van der Waals surface area contributed by atoms with Crippen molar-refractivity contribution >= 4 is 16.6 Å². The molecule has 0 atom stereocenters. The van der Waals surface area contributed by atoms with Crippen molar-refractivity contribution in [1.29, 1.82) is 0 Å². The number of hydrogen-bond donors (Lipinski definition) is 1. The number of ketones is 1. The predicted octanol–water partition coefficient (Wildman–Crippen LogP) is 6.03. The van der Waals surface area contributed by atoms with E-state index in [1.54, 1.807) is 0 Å². The minimum absolute atomic E-state index is 0. The van der Waals surface area contributed by atoms with Crippen LogP contribution in [0.2, 0.25) is 0 Å². The molecule has 0 unspecified atom stereocenters. The van der Waals surface area contributed by atoms with Crippen LogP contribution in [0.15, 0.2) is 66.6 Å². The van der Waals surface area contributed by atoms with Crippen LogP contribution in [0.5, 0.6) is 0 Å². The van der Waals surface area contributed by atoms with Gasteiger partial charge in [-0.2, -0.15) is 0 Å². The number of aliphatic hydroxyl groups is 1. The van der Waals surface area contributed by atoms with Gasteiger partial charge in [-0.25, -0.2) is 0 Å². The van der Waals surface area contributed by atoms with Gasteiger partial charge in [-0.3, -0.25) is 4.79 Å². The first-order chi connectivity index (χ1) is 12.7. The van der Waals surface area contributed by atoms with Crippen LogP contribution < -0.4 is 0 Å². The van der Waals surface area contributed by atoms with Gasteiger partial charge >= 0.3 is 0 Å². The number of hydrogen-bond acceptors (Lipinski definition) is 3. The van der Waals surface area contributed by atoms with Crippen molar-refractivity contribution in [2.45, 2.75) is 40.0 Å². The summed E-state index contributed by atoms with van der Waals surface area (Å²) >= 11 is 0. The molecule has 0 bridgehead atoms. The summed E-state index contributed by atoms with van der Waals surface area (Å²) in [7, 11) is 0. The Morgan fingerprint density at radius 1 is 1.07 bits per heavy atom. The summed E-state index contributed by atoms with van der Waals surface area (Å²) in [6, 6.07) is 20.1. The Kier molecular flexibility index (Phi) is 8.74. The Balaban J connectivity index is 0.000000425. The minimum Gasteiger partial charge on any atom is -0.512 e. The van der Waals surface area contributed by atoms with E-state index in [0.29, 0.717) is 0 Å². The van der Waals surface area contributed by atoms with Gasteiger partial charge in [0.2, 0.25) is 0 Å². The molecular weight excluding hydrogens is 526 g/mol. The number of aliphatic hydroxyl groups excluding tert-OH is 1. The first-order valence-corrected chi connectivity index (χ1v) is 8.92. The van der Waals surface area contributed by atoms with Crippen molar-refractivity contribution in [2.24, 2.45) is 0 Å². The maximum Gasteiger partial charge on any atom is 0.155 e. The third-order valence-electron chi connectivity index (χ3n) is 4.02. The minimum atomic E-state index is -0.125. The zero-order chi connectivity index (χ0) is 20.0. The van der Waals surface area contributed by atoms with Gasteiger partial charge in [0.05, 0.1) is 5.76 Å². The fourth-order valence-corrected chi connectivity index (χ4v) is 2.67. The molecule has 0 saturated carbocycles. The first kappa shape index (κ1) is 23.7. The number of carbonyl (C=O) groups is 1. The van der Waals surface area contributed by atoms with Gasteiger partial charge < -0.3 is 10.1 Å². The van der Waals surface area contributed by atoms with E-state index < -0.39 is 0 Å². The first-order valence-electron chi connectivity index (χ1n) is 8.92. The van der Waals surface area contributed by atoms with Gasteiger partial charge in [-0.05, 0) is 41.8 Å². The second kappa shape index (κ2) is 10.3. The zero-order valence-corrected chi connectivity index (χ0v) is 19.3. The van der Waals surface area contributed by atoms with Crippen molar-refractivity contribution < 1.29 is 30.0 Å². The van der Waals surface area contributed by atoms with Crippen LogP contribution in [0, 0.1) is 6.07 Å². The van der Waals surface area contributed by atoms with Crippen LogP contribution in [0.4, 0.5) is 0 Å². The number of nitrogens with zero attached hydrogens (tertiary/aromatic N) is 1. The molecule has 0 amide bonds. The second-order valence-corrected chi connectivity index (χ2v) is 7.52. The molecule has 1 heterocycles. The Labute approximate surface area is 180 Å². The van der Waals surface area contributed by atoms with E-state index in [4.69, 9.17) is 5.11 Å². The zero-order valence-electron chi connectivity index (χ0n) is 16.9. The molecule has 0 aliphatic rings. The molecule has 28 heavy (non-hydrogen) atoms. The van der Waals surface area contributed by atoms with Gasteiger partial charge in [-0.1, -0.05) is 45.0 Å². The van der Waals surface area contributed by atoms with Crippen LogP contribution in [0.1, 0.15) is 40.2 Å². The van der Waals surface area contributed by atoms with Gasteiger partial charge in [0.25, 0.3) is 0 Å². The monoisotopic (exact) mass is 553 g/mol. The summed E-state index contributed by atoms with van der Waals surface area (Å²) in [5.41, 5.74) is 3.50. The molecule has 0 saturated heterocycles. The van der Waals surface area contributed by atoms with Crippen LogP contribution in [0.25, 0.3) is 22.0 Å². The fourth-order valence-electron chi connectivity index (χ4n) is 2.67. The second-order valence-electron chi connectivity index (χ2n) is 7.52. The average Bonchev–Trinajstić information content (AvgIpc) is 2.60. The summed E-state index contributed by atoms with van der Waals surface area (Å²) in [6.45, 7) is 9.49. The summed E-state index contributed by atoms with van der Waals surface area (Å²) in [4.78, 5) is 14.6. The Morgan fingerprint density at radius 3 is 2.25 bits per heavy atom. The van der Waals surface area contributed by atoms with Crippen molar-refractivity contribution in [3.8, 4) is 11.3 Å². The number of benzene rings is 2. The molecule has 4 heteroatoms. The molecule has 0 spiro atoms. The van der Waals surface area contributed by atoms with E-state index in [0.717, 1.165) is 11.3 Å².